The van der Waals surface area contributed by atoms with Crippen molar-refractivity contribution in [3.8, 4) is 6.07 Å². The Kier molecular flexibility index (Phi) is 4.45. The van der Waals surface area contributed by atoms with Crippen LogP contribution in [0.3, 0.4) is 0 Å². The first kappa shape index (κ1) is 15.0. The summed E-state index contributed by atoms with van der Waals surface area (Å²) in [6.45, 7) is 7.28. The second kappa shape index (κ2) is 5.93. The highest BCUT2D eigenvalue weighted by Gasteiger charge is 2.32. The maximum atomic E-state index is 13.3. The van der Waals surface area contributed by atoms with Gasteiger partial charge in [-0.15, -0.1) is 0 Å². The number of ether oxygens (including phenoxy) is 1. The molecule has 2 unspecified atom stereocenters. The topological polar surface area (TPSA) is 33.0 Å². The Morgan fingerprint density at radius 1 is 1.40 bits per heavy atom. The van der Waals surface area contributed by atoms with Gasteiger partial charge in [-0.05, 0) is 48.3 Å². The van der Waals surface area contributed by atoms with Crippen molar-refractivity contribution in [3.05, 3.63) is 35.1 Å². The van der Waals surface area contributed by atoms with Gasteiger partial charge in [0.2, 0.25) is 0 Å². The van der Waals surface area contributed by atoms with Gasteiger partial charge >= 0.3 is 0 Å². The highest BCUT2D eigenvalue weighted by molar-refractivity contribution is 5.34. The van der Waals surface area contributed by atoms with Crippen LogP contribution in [-0.4, -0.2) is 6.10 Å². The molecule has 3 heteroatoms. The van der Waals surface area contributed by atoms with Crippen molar-refractivity contribution >= 4 is 0 Å². The molecular formula is C17H22FNO. The summed E-state index contributed by atoms with van der Waals surface area (Å²) in [7, 11) is 0. The number of nitriles is 1. The Morgan fingerprint density at radius 3 is 2.80 bits per heavy atom. The zero-order valence-corrected chi connectivity index (χ0v) is 12.4. The molecule has 0 radical (unpaired) electrons. The average molecular weight is 275 g/mol. The van der Waals surface area contributed by atoms with Crippen molar-refractivity contribution in [2.75, 3.05) is 0 Å². The predicted octanol–water partition coefficient (Wildman–Crippen LogP) is 4.43. The lowest BCUT2D eigenvalue weighted by atomic mass is 9.71. The smallest absolute Gasteiger partial charge is 0.140 e. The number of halogens is 1. The van der Waals surface area contributed by atoms with Crippen LogP contribution in [0.4, 0.5) is 4.39 Å². The summed E-state index contributed by atoms with van der Waals surface area (Å²) in [5.74, 6) is 0.204. The van der Waals surface area contributed by atoms with Crippen LogP contribution >= 0.6 is 0 Å². The molecule has 2 atom stereocenters. The third-order valence-electron chi connectivity index (χ3n) is 3.98. The van der Waals surface area contributed by atoms with Crippen molar-refractivity contribution in [1.29, 1.82) is 5.26 Å². The number of benzene rings is 1. The van der Waals surface area contributed by atoms with E-state index in [0.29, 0.717) is 17.9 Å². The quantitative estimate of drug-likeness (QED) is 0.817. The summed E-state index contributed by atoms with van der Waals surface area (Å²) in [6, 6.07) is 6.47. The molecule has 20 heavy (non-hydrogen) atoms. The Morgan fingerprint density at radius 2 is 2.15 bits per heavy atom. The molecule has 0 aromatic heterocycles. The Hall–Kier alpha value is -1.40. The van der Waals surface area contributed by atoms with Crippen LogP contribution in [0.5, 0.6) is 0 Å². The SMILES string of the molecule is CC1CC(OCc2ccc(F)c(C#N)c2)CC(C)(C)C1. The monoisotopic (exact) mass is 275 g/mol. The van der Waals surface area contributed by atoms with Crippen molar-refractivity contribution in [2.45, 2.75) is 52.7 Å². The molecule has 1 saturated carbocycles. The minimum atomic E-state index is -0.469. The van der Waals surface area contributed by atoms with Crippen LogP contribution in [0, 0.1) is 28.5 Å². The van der Waals surface area contributed by atoms with Crippen LogP contribution in [0.15, 0.2) is 18.2 Å². The normalized spacial score (nSPS) is 25.1. The zero-order valence-electron chi connectivity index (χ0n) is 12.4. The van der Waals surface area contributed by atoms with E-state index >= 15 is 0 Å². The largest absolute Gasteiger partial charge is 0.374 e. The summed E-state index contributed by atoms with van der Waals surface area (Å²) in [4.78, 5) is 0. The first-order chi connectivity index (χ1) is 9.39. The molecule has 108 valence electrons. The van der Waals surface area contributed by atoms with E-state index in [4.69, 9.17) is 10.00 Å². The van der Waals surface area contributed by atoms with E-state index < -0.39 is 5.82 Å². The van der Waals surface area contributed by atoms with Crippen molar-refractivity contribution in [3.63, 3.8) is 0 Å². The Balaban J connectivity index is 1.97. The molecule has 1 aromatic carbocycles. The summed E-state index contributed by atoms with van der Waals surface area (Å²) in [6.07, 6.45) is 3.63. The Labute approximate surface area is 120 Å². The maximum Gasteiger partial charge on any atom is 0.140 e. The van der Waals surface area contributed by atoms with Gasteiger partial charge in [-0.25, -0.2) is 4.39 Å². The lowest BCUT2D eigenvalue weighted by Gasteiger charge is -2.38. The molecule has 0 aliphatic heterocycles. The molecule has 0 N–H and O–H groups in total. The summed E-state index contributed by atoms with van der Waals surface area (Å²) in [5, 5.41) is 8.83. The van der Waals surface area contributed by atoms with Crippen LogP contribution in [0.25, 0.3) is 0 Å². The number of rotatable bonds is 3. The fraction of sp³-hybridized carbons (Fsp3) is 0.588. The molecular weight excluding hydrogens is 253 g/mol. The van der Waals surface area contributed by atoms with Crippen molar-refractivity contribution in [1.82, 2.24) is 0 Å². The summed E-state index contributed by atoms with van der Waals surface area (Å²) >= 11 is 0. The molecule has 1 aliphatic rings. The molecule has 0 saturated heterocycles. The molecule has 0 spiro atoms. The lowest BCUT2D eigenvalue weighted by molar-refractivity contribution is -0.0316. The van der Waals surface area contributed by atoms with Crippen molar-refractivity contribution in [2.24, 2.45) is 11.3 Å². The van der Waals surface area contributed by atoms with Gasteiger partial charge in [0.15, 0.2) is 0 Å². The van der Waals surface area contributed by atoms with Crippen LogP contribution in [0.1, 0.15) is 51.2 Å². The van der Waals surface area contributed by atoms with E-state index in [1.54, 1.807) is 12.1 Å². The van der Waals surface area contributed by atoms with Gasteiger partial charge < -0.3 is 4.74 Å². The van der Waals surface area contributed by atoms with E-state index in [0.717, 1.165) is 18.4 Å². The first-order valence-electron chi connectivity index (χ1n) is 7.20. The van der Waals surface area contributed by atoms with Gasteiger partial charge in [0.1, 0.15) is 11.9 Å². The molecule has 1 fully saturated rings. The second-order valence-corrected chi connectivity index (χ2v) is 6.77. The number of hydrogen-bond acceptors (Lipinski definition) is 2. The lowest BCUT2D eigenvalue weighted by Crippen LogP contribution is -2.32. The third kappa shape index (κ3) is 3.80. The molecule has 2 rings (SSSR count). The minimum Gasteiger partial charge on any atom is -0.374 e. The maximum absolute atomic E-state index is 13.3. The molecule has 1 aliphatic carbocycles. The van der Waals surface area contributed by atoms with E-state index in [2.05, 4.69) is 20.8 Å². The minimum absolute atomic E-state index is 0.0865. The standard InChI is InChI=1S/C17H22FNO/c1-12-6-15(9-17(2,3)8-12)20-11-13-4-5-16(18)14(7-13)10-19/h4-5,7,12,15H,6,8-9,11H2,1-3H3. The van der Waals surface area contributed by atoms with E-state index in [1.165, 1.54) is 12.5 Å². The summed E-state index contributed by atoms with van der Waals surface area (Å²) < 4.78 is 19.2. The highest BCUT2D eigenvalue weighted by Crippen LogP contribution is 2.39. The van der Waals surface area contributed by atoms with Gasteiger partial charge in [0.05, 0.1) is 18.3 Å². The van der Waals surface area contributed by atoms with Gasteiger partial charge in [-0.3, -0.25) is 0 Å². The molecule has 0 amide bonds. The van der Waals surface area contributed by atoms with Crippen LogP contribution in [-0.2, 0) is 11.3 Å². The number of hydrogen-bond donors (Lipinski definition) is 0. The third-order valence-corrected chi connectivity index (χ3v) is 3.98. The van der Waals surface area contributed by atoms with Crippen molar-refractivity contribution < 1.29 is 9.13 Å². The molecule has 2 nitrogen and oxygen atoms in total. The Bertz CT molecular complexity index is 518. The van der Waals surface area contributed by atoms with Gasteiger partial charge in [-0.2, -0.15) is 5.26 Å². The van der Waals surface area contributed by atoms with Crippen LogP contribution < -0.4 is 0 Å². The second-order valence-electron chi connectivity index (χ2n) is 6.77. The molecule has 0 bridgehead atoms. The average Bonchev–Trinajstić information content (AvgIpc) is 2.35. The van der Waals surface area contributed by atoms with Gasteiger partial charge in [0.25, 0.3) is 0 Å². The fourth-order valence-corrected chi connectivity index (χ4v) is 3.35. The van der Waals surface area contributed by atoms with E-state index in [-0.39, 0.29) is 11.7 Å². The molecule has 1 aromatic rings. The van der Waals surface area contributed by atoms with E-state index in [9.17, 15) is 4.39 Å². The van der Waals surface area contributed by atoms with Gasteiger partial charge in [0, 0.05) is 0 Å². The fourth-order valence-electron chi connectivity index (χ4n) is 3.35. The van der Waals surface area contributed by atoms with Gasteiger partial charge in [-0.1, -0.05) is 26.8 Å². The molecule has 0 heterocycles. The predicted molar refractivity (Wildman–Crippen MR) is 76.5 cm³/mol. The van der Waals surface area contributed by atoms with E-state index in [1.807, 2.05) is 6.07 Å². The number of nitrogens with zero attached hydrogens (tertiary/aromatic N) is 1. The van der Waals surface area contributed by atoms with Crippen LogP contribution in [0.2, 0.25) is 0 Å². The summed E-state index contributed by atoms with van der Waals surface area (Å²) in [5.41, 5.74) is 1.27. The zero-order chi connectivity index (χ0) is 14.8. The first-order valence-corrected chi connectivity index (χ1v) is 7.20. The highest BCUT2D eigenvalue weighted by atomic mass is 19.1.